The summed E-state index contributed by atoms with van der Waals surface area (Å²) in [4.78, 5) is 26.5. The first-order valence-electron chi connectivity index (χ1n) is 4.83. The van der Waals surface area contributed by atoms with Crippen LogP contribution in [0, 0.1) is 0 Å². The van der Waals surface area contributed by atoms with E-state index in [-0.39, 0.29) is 17.2 Å². The van der Waals surface area contributed by atoms with Crippen molar-refractivity contribution < 1.29 is 14.4 Å². The Bertz CT molecular complexity index is 277. The molecule has 1 N–H and O–H groups in total. The third-order valence-corrected chi connectivity index (χ3v) is 1.37. The number of hydrogen-bond acceptors (Lipinski definition) is 4. The summed E-state index contributed by atoms with van der Waals surface area (Å²) in [6, 6.07) is 0. The Labute approximate surface area is 89.9 Å². The topological polar surface area (TPSA) is 67.8 Å². The van der Waals surface area contributed by atoms with E-state index in [1.54, 1.807) is 6.92 Å². The molecule has 86 valence electrons. The molecule has 0 aromatic carbocycles. The second-order valence-electron chi connectivity index (χ2n) is 4.18. The van der Waals surface area contributed by atoms with E-state index < -0.39 is 5.97 Å². The molecule has 5 heteroatoms. The molecule has 1 amide bonds. The molecule has 0 spiro atoms. The Balaban J connectivity index is 4.48. The fourth-order valence-electron chi connectivity index (χ4n) is 0.799. The van der Waals surface area contributed by atoms with Gasteiger partial charge in [0.2, 0.25) is 0 Å². The smallest absolute Gasteiger partial charge is 0.331 e. The summed E-state index contributed by atoms with van der Waals surface area (Å²) in [5, 5.41) is 6.21. The minimum absolute atomic E-state index is 0.208. The van der Waals surface area contributed by atoms with Crippen LogP contribution in [0.3, 0.4) is 0 Å². The van der Waals surface area contributed by atoms with Gasteiger partial charge in [-0.05, 0) is 27.2 Å². The minimum atomic E-state index is -0.537. The summed E-state index contributed by atoms with van der Waals surface area (Å²) < 4.78 is 0. The summed E-state index contributed by atoms with van der Waals surface area (Å²) in [6.45, 7) is 8.60. The highest BCUT2D eigenvalue weighted by atomic mass is 16.7. The van der Waals surface area contributed by atoms with Crippen LogP contribution in [0.2, 0.25) is 0 Å². The molecule has 0 unspecified atom stereocenters. The van der Waals surface area contributed by atoms with Gasteiger partial charge >= 0.3 is 5.97 Å². The number of hydrogen-bond donors (Lipinski definition) is 1. The molecule has 0 aliphatic rings. The van der Waals surface area contributed by atoms with Crippen molar-refractivity contribution in [3.05, 3.63) is 0 Å². The molecule has 0 saturated heterocycles. The van der Waals surface area contributed by atoms with Gasteiger partial charge in [-0.15, -0.1) is 0 Å². The number of carbonyl (C=O) groups excluding carboxylic acids is 2. The molecule has 15 heavy (non-hydrogen) atoms. The van der Waals surface area contributed by atoms with Gasteiger partial charge in [0, 0.05) is 12.5 Å². The van der Waals surface area contributed by atoms with E-state index in [2.05, 4.69) is 15.3 Å². The quantitative estimate of drug-likeness (QED) is 0.436. The predicted molar refractivity (Wildman–Crippen MR) is 57.4 cm³/mol. The summed E-state index contributed by atoms with van der Waals surface area (Å²) >= 11 is 0. The average Bonchev–Trinajstić information content (AvgIpc) is 2.01. The van der Waals surface area contributed by atoms with Gasteiger partial charge < -0.3 is 10.2 Å². The maximum Gasteiger partial charge on any atom is 0.331 e. The number of nitrogens with zero attached hydrogens (tertiary/aromatic N) is 1. The van der Waals surface area contributed by atoms with Gasteiger partial charge in [-0.1, -0.05) is 12.1 Å². The second-order valence-corrected chi connectivity index (χ2v) is 4.18. The van der Waals surface area contributed by atoms with Crippen LogP contribution >= 0.6 is 0 Å². The number of oxime groups is 1. The highest BCUT2D eigenvalue weighted by Gasteiger charge is 2.18. The molecule has 0 aliphatic heterocycles. The average molecular weight is 214 g/mol. The first-order chi connectivity index (χ1) is 6.76. The number of nitrogens with one attached hydrogen (secondary N) is 1. The molecule has 5 nitrogen and oxygen atoms in total. The van der Waals surface area contributed by atoms with E-state index in [0.29, 0.717) is 6.42 Å². The van der Waals surface area contributed by atoms with Crippen molar-refractivity contribution in [3.8, 4) is 0 Å². The summed E-state index contributed by atoms with van der Waals surface area (Å²) in [5.41, 5.74) is -0.122. The van der Waals surface area contributed by atoms with E-state index >= 15 is 0 Å². The lowest BCUT2D eigenvalue weighted by atomic mass is 10.1. The maximum atomic E-state index is 11.6. The Kier molecular flexibility index (Phi) is 4.97. The van der Waals surface area contributed by atoms with Gasteiger partial charge in [0.25, 0.3) is 5.91 Å². The van der Waals surface area contributed by atoms with Crippen LogP contribution in [0.15, 0.2) is 5.16 Å². The van der Waals surface area contributed by atoms with Crippen molar-refractivity contribution >= 4 is 17.6 Å². The number of carbonyl (C=O) groups is 2. The van der Waals surface area contributed by atoms with Gasteiger partial charge in [-0.2, -0.15) is 0 Å². The fraction of sp³-hybridized carbons (Fsp3) is 0.700. The van der Waals surface area contributed by atoms with Crippen molar-refractivity contribution in [2.24, 2.45) is 5.16 Å². The van der Waals surface area contributed by atoms with Gasteiger partial charge in [0.1, 0.15) is 5.71 Å². The molecule has 0 aromatic heterocycles. The predicted octanol–water partition coefficient (Wildman–Crippen LogP) is 1.23. The highest BCUT2D eigenvalue weighted by molar-refractivity contribution is 6.38. The van der Waals surface area contributed by atoms with Crippen molar-refractivity contribution in [2.45, 2.75) is 46.6 Å². The molecule has 0 aliphatic carbocycles. The normalized spacial score (nSPS) is 12.2. The number of rotatable bonds is 3. The number of amides is 1. The van der Waals surface area contributed by atoms with Gasteiger partial charge in [0.05, 0.1) is 0 Å². The monoisotopic (exact) mass is 214 g/mol. The SMILES string of the molecule is CC/C(=N\OC(C)=O)C(=O)NC(C)(C)C. The molecule has 0 fully saturated rings. The van der Waals surface area contributed by atoms with Crippen molar-refractivity contribution in [2.75, 3.05) is 0 Å². The second kappa shape index (κ2) is 5.48. The first kappa shape index (κ1) is 13.6. The van der Waals surface area contributed by atoms with Crippen molar-refractivity contribution in [1.29, 1.82) is 0 Å². The fourth-order valence-corrected chi connectivity index (χ4v) is 0.799. The Morgan fingerprint density at radius 2 is 1.87 bits per heavy atom. The summed E-state index contributed by atoms with van der Waals surface area (Å²) in [6.07, 6.45) is 0.412. The molecule has 0 radical (unpaired) electrons. The van der Waals surface area contributed by atoms with E-state index in [1.807, 2.05) is 20.8 Å². The third kappa shape index (κ3) is 6.65. The van der Waals surface area contributed by atoms with Crippen molar-refractivity contribution in [3.63, 3.8) is 0 Å². The van der Waals surface area contributed by atoms with Crippen molar-refractivity contribution in [1.82, 2.24) is 5.32 Å². The molecular formula is C10H18N2O3. The van der Waals surface area contributed by atoms with Gasteiger partial charge in [-0.25, -0.2) is 4.79 Å². The Morgan fingerprint density at radius 1 is 1.33 bits per heavy atom. The maximum absolute atomic E-state index is 11.6. The largest absolute Gasteiger partial charge is 0.346 e. The Morgan fingerprint density at radius 3 is 2.20 bits per heavy atom. The molecule has 0 rings (SSSR count). The molecule has 0 saturated carbocycles. The van der Waals surface area contributed by atoms with Crippen LogP contribution in [-0.4, -0.2) is 23.1 Å². The lowest BCUT2D eigenvalue weighted by Crippen LogP contribution is -2.44. The zero-order valence-corrected chi connectivity index (χ0v) is 9.88. The van der Waals surface area contributed by atoms with E-state index in [0.717, 1.165) is 0 Å². The van der Waals surface area contributed by atoms with Crippen LogP contribution < -0.4 is 5.32 Å². The van der Waals surface area contributed by atoms with E-state index in [9.17, 15) is 9.59 Å². The lowest BCUT2D eigenvalue weighted by molar-refractivity contribution is -0.141. The molecule has 0 heterocycles. The van der Waals surface area contributed by atoms with Gasteiger partial charge in [0.15, 0.2) is 0 Å². The minimum Gasteiger partial charge on any atom is -0.346 e. The van der Waals surface area contributed by atoms with E-state index in [4.69, 9.17) is 0 Å². The van der Waals surface area contributed by atoms with Crippen LogP contribution in [0.4, 0.5) is 0 Å². The van der Waals surface area contributed by atoms with Crippen LogP contribution in [0.5, 0.6) is 0 Å². The highest BCUT2D eigenvalue weighted by Crippen LogP contribution is 2.00. The standard InChI is InChI=1S/C10H18N2O3/c1-6-8(12-15-7(2)13)9(14)11-10(3,4)5/h6H2,1-5H3,(H,11,14)/b12-8+. The molecule has 0 aromatic rings. The summed E-state index contributed by atoms with van der Waals surface area (Å²) in [7, 11) is 0. The molecular weight excluding hydrogens is 196 g/mol. The van der Waals surface area contributed by atoms with Crippen LogP contribution in [0.1, 0.15) is 41.0 Å². The zero-order chi connectivity index (χ0) is 12.1. The van der Waals surface area contributed by atoms with Crippen LogP contribution in [-0.2, 0) is 14.4 Å². The lowest BCUT2D eigenvalue weighted by Gasteiger charge is -2.20. The first-order valence-corrected chi connectivity index (χ1v) is 4.83. The zero-order valence-electron chi connectivity index (χ0n) is 9.88. The molecule has 0 atom stereocenters. The Hall–Kier alpha value is -1.39. The third-order valence-electron chi connectivity index (χ3n) is 1.37. The van der Waals surface area contributed by atoms with E-state index in [1.165, 1.54) is 6.92 Å². The van der Waals surface area contributed by atoms with Gasteiger partial charge in [-0.3, -0.25) is 4.79 Å². The summed E-state index contributed by atoms with van der Waals surface area (Å²) in [5.74, 6) is -0.851. The molecule has 0 bridgehead atoms. The van der Waals surface area contributed by atoms with Crippen LogP contribution in [0.25, 0.3) is 0 Å².